The summed E-state index contributed by atoms with van der Waals surface area (Å²) in [7, 11) is 0. The molecule has 0 spiro atoms. The lowest BCUT2D eigenvalue weighted by atomic mass is 9.87. The molecule has 3 heteroatoms. The Labute approximate surface area is 94.5 Å². The second kappa shape index (κ2) is 4.11. The van der Waals surface area contributed by atoms with E-state index in [-0.39, 0.29) is 5.92 Å². The standard InChI is InChI=1S/C13H17F3/c1-9(2)10-6-5-7-12(3,4)8-11(10)13(14,15)16/h5-9H,1-4H3. The predicted octanol–water partition coefficient (Wildman–Crippen LogP) is 4.65. The van der Waals surface area contributed by atoms with Gasteiger partial charge in [0.2, 0.25) is 0 Å². The molecule has 0 aliphatic heterocycles. The first-order valence-electron chi connectivity index (χ1n) is 5.33. The van der Waals surface area contributed by atoms with E-state index in [4.69, 9.17) is 0 Å². The van der Waals surface area contributed by atoms with Crippen LogP contribution in [0, 0.1) is 11.3 Å². The van der Waals surface area contributed by atoms with Crippen molar-refractivity contribution >= 4 is 0 Å². The van der Waals surface area contributed by atoms with Crippen LogP contribution in [0.5, 0.6) is 0 Å². The Morgan fingerprint density at radius 3 is 2.19 bits per heavy atom. The second-order valence-corrected chi connectivity index (χ2v) is 5.01. The van der Waals surface area contributed by atoms with Gasteiger partial charge in [0.1, 0.15) is 0 Å². The molecule has 1 rings (SSSR count). The lowest BCUT2D eigenvalue weighted by Crippen LogP contribution is -2.18. The maximum atomic E-state index is 12.9. The molecule has 0 radical (unpaired) electrons. The summed E-state index contributed by atoms with van der Waals surface area (Å²) in [5.74, 6) is -0.133. The van der Waals surface area contributed by atoms with E-state index in [0.717, 1.165) is 0 Å². The summed E-state index contributed by atoms with van der Waals surface area (Å²) < 4.78 is 38.8. The molecular formula is C13H17F3. The molecule has 16 heavy (non-hydrogen) atoms. The quantitative estimate of drug-likeness (QED) is 0.615. The van der Waals surface area contributed by atoms with Crippen molar-refractivity contribution in [2.45, 2.75) is 33.9 Å². The van der Waals surface area contributed by atoms with Crippen molar-refractivity contribution in [3.05, 3.63) is 35.5 Å². The number of hydrogen-bond acceptors (Lipinski definition) is 0. The SMILES string of the molecule is CC(C)C1=CC=CC(C)(C)C=C1C(F)(F)F. The molecule has 0 saturated carbocycles. The lowest BCUT2D eigenvalue weighted by molar-refractivity contribution is -0.0906. The number of halogens is 3. The fraction of sp³-hybridized carbons (Fsp3) is 0.538. The van der Waals surface area contributed by atoms with Gasteiger partial charge in [0.25, 0.3) is 0 Å². The van der Waals surface area contributed by atoms with E-state index in [9.17, 15) is 13.2 Å². The molecule has 0 bridgehead atoms. The number of hydrogen-bond donors (Lipinski definition) is 0. The van der Waals surface area contributed by atoms with E-state index in [0.29, 0.717) is 5.57 Å². The van der Waals surface area contributed by atoms with Crippen LogP contribution in [0.15, 0.2) is 35.5 Å². The van der Waals surface area contributed by atoms with Gasteiger partial charge in [0.15, 0.2) is 0 Å². The topological polar surface area (TPSA) is 0 Å². The molecule has 0 atom stereocenters. The zero-order chi connectivity index (χ0) is 12.6. The second-order valence-electron chi connectivity index (χ2n) is 5.01. The van der Waals surface area contributed by atoms with E-state index in [1.807, 2.05) is 0 Å². The minimum atomic E-state index is -4.28. The van der Waals surface area contributed by atoms with Crippen LogP contribution in [0.25, 0.3) is 0 Å². The molecule has 1 aliphatic carbocycles. The molecular weight excluding hydrogens is 213 g/mol. The fourth-order valence-electron chi connectivity index (χ4n) is 1.74. The third-order valence-corrected chi connectivity index (χ3v) is 2.56. The van der Waals surface area contributed by atoms with Crippen molar-refractivity contribution in [2.24, 2.45) is 11.3 Å². The van der Waals surface area contributed by atoms with Crippen LogP contribution in [0.3, 0.4) is 0 Å². The third kappa shape index (κ3) is 3.00. The normalized spacial score (nSPS) is 20.5. The van der Waals surface area contributed by atoms with Crippen molar-refractivity contribution in [2.75, 3.05) is 0 Å². The Morgan fingerprint density at radius 2 is 1.75 bits per heavy atom. The van der Waals surface area contributed by atoms with Crippen LogP contribution in [0.4, 0.5) is 13.2 Å². The molecule has 1 aliphatic rings. The van der Waals surface area contributed by atoms with Crippen molar-refractivity contribution in [3.63, 3.8) is 0 Å². The average molecular weight is 230 g/mol. The maximum absolute atomic E-state index is 12.9. The Hall–Kier alpha value is -0.990. The van der Waals surface area contributed by atoms with Gasteiger partial charge in [-0.15, -0.1) is 0 Å². The molecule has 0 aromatic heterocycles. The molecule has 0 amide bonds. The van der Waals surface area contributed by atoms with Crippen LogP contribution in [-0.4, -0.2) is 6.18 Å². The lowest BCUT2D eigenvalue weighted by Gasteiger charge is -2.21. The van der Waals surface area contributed by atoms with Crippen LogP contribution in [0.1, 0.15) is 27.7 Å². The number of allylic oxidation sites excluding steroid dienone is 6. The van der Waals surface area contributed by atoms with Gasteiger partial charge in [-0.1, -0.05) is 52.0 Å². The smallest absolute Gasteiger partial charge is 0.166 e. The summed E-state index contributed by atoms with van der Waals surface area (Å²) in [6.45, 7) is 7.09. The Bertz CT molecular complexity index is 352. The highest BCUT2D eigenvalue weighted by atomic mass is 19.4. The summed E-state index contributed by atoms with van der Waals surface area (Å²) in [5, 5.41) is 0. The van der Waals surface area contributed by atoms with Gasteiger partial charge in [0, 0.05) is 5.41 Å². The average Bonchev–Trinajstić information content (AvgIpc) is 2.22. The molecule has 0 nitrogen and oxygen atoms in total. The zero-order valence-corrected chi connectivity index (χ0v) is 10.0. The number of alkyl halides is 3. The van der Waals surface area contributed by atoms with Gasteiger partial charge in [0.05, 0.1) is 5.57 Å². The van der Waals surface area contributed by atoms with Crippen LogP contribution in [0.2, 0.25) is 0 Å². The fourth-order valence-corrected chi connectivity index (χ4v) is 1.74. The highest BCUT2D eigenvalue weighted by Gasteiger charge is 2.38. The van der Waals surface area contributed by atoms with E-state index < -0.39 is 17.2 Å². The Balaban J connectivity index is 3.29. The van der Waals surface area contributed by atoms with E-state index >= 15 is 0 Å². The minimum absolute atomic E-state index is 0.133. The van der Waals surface area contributed by atoms with Crippen LogP contribution in [-0.2, 0) is 0 Å². The first-order chi connectivity index (χ1) is 7.13. The van der Waals surface area contributed by atoms with Crippen LogP contribution >= 0.6 is 0 Å². The Morgan fingerprint density at radius 1 is 1.19 bits per heavy atom. The minimum Gasteiger partial charge on any atom is -0.166 e. The zero-order valence-electron chi connectivity index (χ0n) is 10.0. The van der Waals surface area contributed by atoms with E-state index in [1.165, 1.54) is 6.08 Å². The summed E-state index contributed by atoms with van der Waals surface area (Å²) in [4.78, 5) is 0. The van der Waals surface area contributed by atoms with Gasteiger partial charge < -0.3 is 0 Å². The van der Waals surface area contributed by atoms with E-state index in [2.05, 4.69) is 0 Å². The summed E-state index contributed by atoms with van der Waals surface area (Å²) >= 11 is 0. The van der Waals surface area contributed by atoms with Crippen LogP contribution < -0.4 is 0 Å². The summed E-state index contributed by atoms with van der Waals surface area (Å²) in [6, 6.07) is 0. The molecule has 0 heterocycles. The molecule has 0 saturated heterocycles. The largest absolute Gasteiger partial charge is 0.416 e. The van der Waals surface area contributed by atoms with Crippen molar-refractivity contribution in [3.8, 4) is 0 Å². The van der Waals surface area contributed by atoms with Crippen molar-refractivity contribution < 1.29 is 13.2 Å². The first-order valence-corrected chi connectivity index (χ1v) is 5.33. The third-order valence-electron chi connectivity index (χ3n) is 2.56. The first kappa shape index (κ1) is 13.1. The summed E-state index contributed by atoms with van der Waals surface area (Å²) in [6.07, 6.45) is 2.10. The molecule has 0 N–H and O–H groups in total. The van der Waals surface area contributed by atoms with Gasteiger partial charge in [-0.25, -0.2) is 0 Å². The maximum Gasteiger partial charge on any atom is 0.416 e. The molecule has 90 valence electrons. The molecule has 0 aromatic carbocycles. The van der Waals surface area contributed by atoms with Gasteiger partial charge in [-0.3, -0.25) is 0 Å². The molecule has 0 unspecified atom stereocenters. The molecule has 0 fully saturated rings. The van der Waals surface area contributed by atoms with Gasteiger partial charge >= 0.3 is 6.18 Å². The van der Waals surface area contributed by atoms with Gasteiger partial charge in [-0.2, -0.15) is 13.2 Å². The number of rotatable bonds is 1. The molecule has 0 aromatic rings. The highest BCUT2D eigenvalue weighted by Crippen LogP contribution is 2.39. The Kier molecular flexibility index (Phi) is 3.36. The summed E-state index contributed by atoms with van der Waals surface area (Å²) in [5.41, 5.74) is -0.704. The van der Waals surface area contributed by atoms with Gasteiger partial charge in [-0.05, 0) is 11.5 Å². The van der Waals surface area contributed by atoms with Crippen molar-refractivity contribution in [1.29, 1.82) is 0 Å². The monoisotopic (exact) mass is 230 g/mol. The van der Waals surface area contributed by atoms with Crippen molar-refractivity contribution in [1.82, 2.24) is 0 Å². The van der Waals surface area contributed by atoms with E-state index in [1.54, 1.807) is 45.9 Å². The predicted molar refractivity (Wildman–Crippen MR) is 60.0 cm³/mol. The highest BCUT2D eigenvalue weighted by molar-refractivity contribution is 5.42.